The summed E-state index contributed by atoms with van der Waals surface area (Å²) >= 11 is 0. The van der Waals surface area contributed by atoms with Gasteiger partial charge in [0.2, 0.25) is 5.71 Å². The summed E-state index contributed by atoms with van der Waals surface area (Å²) in [7, 11) is 0. The summed E-state index contributed by atoms with van der Waals surface area (Å²) in [4.78, 5) is 9.54. The van der Waals surface area contributed by atoms with E-state index in [9.17, 15) is 0 Å². The van der Waals surface area contributed by atoms with Crippen LogP contribution in [-0.2, 0) is 6.42 Å². The van der Waals surface area contributed by atoms with Crippen LogP contribution in [0.1, 0.15) is 35.2 Å². The maximum absolute atomic E-state index is 6.35. The number of rotatable bonds is 5. The number of nitrogens with zero attached hydrogens (tertiary/aromatic N) is 2. The molecule has 0 aliphatic carbocycles. The monoisotopic (exact) mass is 440 g/mol. The first-order valence-electron chi connectivity index (χ1n) is 11.6. The molecule has 3 aromatic carbocycles. The van der Waals surface area contributed by atoms with Gasteiger partial charge in [-0.1, -0.05) is 79.7 Å². The van der Waals surface area contributed by atoms with Crippen LogP contribution >= 0.6 is 0 Å². The maximum atomic E-state index is 6.35. The van der Waals surface area contributed by atoms with E-state index >= 15 is 0 Å². The van der Waals surface area contributed by atoms with Crippen LogP contribution in [0.15, 0.2) is 114 Å². The molecule has 0 saturated heterocycles. The molecule has 3 heteroatoms. The number of hydrogen-bond donors (Lipinski definition) is 0. The molecule has 1 atom stereocenters. The standard InChI is InChI=1S/C31H24N2O/c1-21(23-11-6-3-7-12-23)24-17-18-32-29(20-24)28-14-8-13-26-27-16-15-25(33-31(27)34-30(26)28)19-22-9-4-2-5-10-22/h2-18,20-21H,19H2,1H3. The molecule has 3 heterocycles. The van der Waals surface area contributed by atoms with Crippen molar-refractivity contribution in [3.8, 4) is 11.3 Å². The van der Waals surface area contributed by atoms with Crippen molar-refractivity contribution in [2.24, 2.45) is 0 Å². The normalized spacial score (nSPS) is 12.3. The molecule has 0 aliphatic heterocycles. The molecular weight excluding hydrogens is 416 g/mol. The minimum Gasteiger partial charge on any atom is -0.437 e. The Morgan fingerprint density at radius 1 is 0.735 bits per heavy atom. The van der Waals surface area contributed by atoms with Crippen LogP contribution in [0.2, 0.25) is 0 Å². The van der Waals surface area contributed by atoms with Gasteiger partial charge < -0.3 is 4.42 Å². The number of fused-ring (bicyclic) bond motifs is 3. The van der Waals surface area contributed by atoms with Crippen LogP contribution in [0.5, 0.6) is 0 Å². The molecule has 0 spiro atoms. The van der Waals surface area contributed by atoms with Gasteiger partial charge in [-0.05, 0) is 47.0 Å². The first-order valence-corrected chi connectivity index (χ1v) is 11.6. The first kappa shape index (κ1) is 20.4. The third kappa shape index (κ3) is 3.75. The fraction of sp³-hybridized carbons (Fsp3) is 0.0968. The SMILES string of the molecule is CC(c1ccccc1)c1ccnc(-c2cccc3c2oc2nc(Cc4ccccc4)ccc23)c1. The molecule has 6 rings (SSSR count). The summed E-state index contributed by atoms with van der Waals surface area (Å²) in [5.74, 6) is 0.278. The van der Waals surface area contributed by atoms with Gasteiger partial charge in [0.05, 0.1) is 5.69 Å². The van der Waals surface area contributed by atoms with Gasteiger partial charge in [-0.25, -0.2) is 4.98 Å². The zero-order valence-corrected chi connectivity index (χ0v) is 19.0. The van der Waals surface area contributed by atoms with Gasteiger partial charge in [-0.2, -0.15) is 0 Å². The molecule has 164 valence electrons. The minimum absolute atomic E-state index is 0.278. The second kappa shape index (κ2) is 8.60. The molecule has 3 aromatic heterocycles. The third-order valence-corrected chi connectivity index (χ3v) is 6.51. The molecule has 34 heavy (non-hydrogen) atoms. The molecule has 1 unspecified atom stereocenters. The highest BCUT2D eigenvalue weighted by molar-refractivity contribution is 6.08. The van der Waals surface area contributed by atoms with E-state index in [1.54, 1.807) is 0 Å². The summed E-state index contributed by atoms with van der Waals surface area (Å²) in [6, 6.07) is 35.7. The van der Waals surface area contributed by atoms with E-state index in [0.717, 1.165) is 39.7 Å². The second-order valence-electron chi connectivity index (χ2n) is 8.71. The Hall–Kier alpha value is -4.24. The highest BCUT2D eigenvalue weighted by Gasteiger charge is 2.16. The van der Waals surface area contributed by atoms with Crippen LogP contribution in [0, 0.1) is 0 Å². The molecule has 0 aliphatic rings. The van der Waals surface area contributed by atoms with Gasteiger partial charge in [-0.3, -0.25) is 4.98 Å². The van der Waals surface area contributed by atoms with Crippen molar-refractivity contribution < 1.29 is 4.42 Å². The number of pyridine rings is 2. The Morgan fingerprint density at radius 2 is 1.53 bits per heavy atom. The van der Waals surface area contributed by atoms with E-state index in [4.69, 9.17) is 14.4 Å². The van der Waals surface area contributed by atoms with Gasteiger partial charge in [0, 0.05) is 40.6 Å². The zero-order valence-electron chi connectivity index (χ0n) is 19.0. The lowest BCUT2D eigenvalue weighted by Crippen LogP contribution is -1.97. The van der Waals surface area contributed by atoms with E-state index in [1.807, 2.05) is 12.3 Å². The topological polar surface area (TPSA) is 38.9 Å². The van der Waals surface area contributed by atoms with Gasteiger partial charge in [0.15, 0.2) is 0 Å². The molecule has 0 saturated carbocycles. The Morgan fingerprint density at radius 3 is 2.35 bits per heavy atom. The highest BCUT2D eigenvalue weighted by atomic mass is 16.3. The number of aromatic nitrogens is 2. The smallest absolute Gasteiger partial charge is 0.227 e. The fourth-order valence-corrected chi connectivity index (χ4v) is 4.62. The lowest BCUT2D eigenvalue weighted by atomic mass is 9.92. The summed E-state index contributed by atoms with van der Waals surface area (Å²) in [6.45, 7) is 2.23. The number of furan rings is 1. The van der Waals surface area contributed by atoms with Gasteiger partial charge in [-0.15, -0.1) is 0 Å². The molecule has 0 bridgehead atoms. The summed E-state index contributed by atoms with van der Waals surface area (Å²) < 4.78 is 6.35. The summed E-state index contributed by atoms with van der Waals surface area (Å²) in [6.07, 6.45) is 2.67. The van der Waals surface area contributed by atoms with Crippen LogP contribution < -0.4 is 0 Å². The van der Waals surface area contributed by atoms with E-state index < -0.39 is 0 Å². The molecule has 0 amide bonds. The van der Waals surface area contributed by atoms with Crippen LogP contribution in [0.4, 0.5) is 0 Å². The average Bonchev–Trinajstić information content (AvgIpc) is 3.27. The van der Waals surface area contributed by atoms with Crippen LogP contribution in [-0.4, -0.2) is 9.97 Å². The highest BCUT2D eigenvalue weighted by Crippen LogP contribution is 2.36. The molecule has 6 aromatic rings. The number of benzene rings is 3. The second-order valence-corrected chi connectivity index (χ2v) is 8.71. The first-order chi connectivity index (χ1) is 16.8. The Kier molecular flexibility index (Phi) is 5.15. The van der Waals surface area contributed by atoms with Crippen molar-refractivity contribution in [1.29, 1.82) is 0 Å². The predicted octanol–water partition coefficient (Wildman–Crippen LogP) is 7.79. The largest absolute Gasteiger partial charge is 0.437 e. The Labute approximate surface area is 198 Å². The maximum Gasteiger partial charge on any atom is 0.227 e. The molecular formula is C31H24N2O. The van der Waals surface area contributed by atoms with Gasteiger partial charge in [0.25, 0.3) is 0 Å². The Balaban J connectivity index is 1.41. The van der Waals surface area contributed by atoms with Crippen molar-refractivity contribution in [3.63, 3.8) is 0 Å². The van der Waals surface area contributed by atoms with E-state index in [1.165, 1.54) is 16.7 Å². The van der Waals surface area contributed by atoms with Crippen LogP contribution in [0.3, 0.4) is 0 Å². The van der Waals surface area contributed by atoms with Crippen molar-refractivity contribution in [1.82, 2.24) is 9.97 Å². The number of hydrogen-bond acceptors (Lipinski definition) is 3. The lowest BCUT2D eigenvalue weighted by molar-refractivity contribution is 0.652. The molecule has 0 fully saturated rings. The van der Waals surface area contributed by atoms with Crippen molar-refractivity contribution >= 4 is 22.1 Å². The van der Waals surface area contributed by atoms with E-state index in [-0.39, 0.29) is 5.92 Å². The zero-order chi connectivity index (χ0) is 22.9. The fourth-order valence-electron chi connectivity index (χ4n) is 4.62. The lowest BCUT2D eigenvalue weighted by Gasteiger charge is -2.13. The van der Waals surface area contributed by atoms with E-state index in [2.05, 4.69) is 104 Å². The molecule has 0 radical (unpaired) electrons. The quantitative estimate of drug-likeness (QED) is 0.275. The van der Waals surface area contributed by atoms with E-state index in [0.29, 0.717) is 5.71 Å². The molecule has 0 N–H and O–H groups in total. The van der Waals surface area contributed by atoms with Gasteiger partial charge >= 0.3 is 0 Å². The van der Waals surface area contributed by atoms with Crippen molar-refractivity contribution in [2.45, 2.75) is 19.3 Å². The summed E-state index contributed by atoms with van der Waals surface area (Å²) in [5.41, 5.74) is 8.15. The number of para-hydroxylation sites is 1. The summed E-state index contributed by atoms with van der Waals surface area (Å²) in [5, 5.41) is 2.09. The minimum atomic E-state index is 0.278. The Bertz CT molecular complexity index is 1590. The molecule has 3 nitrogen and oxygen atoms in total. The van der Waals surface area contributed by atoms with Crippen molar-refractivity contribution in [3.05, 3.63) is 132 Å². The van der Waals surface area contributed by atoms with Gasteiger partial charge in [0.1, 0.15) is 5.58 Å². The third-order valence-electron chi connectivity index (χ3n) is 6.51. The average molecular weight is 441 g/mol. The van der Waals surface area contributed by atoms with Crippen LogP contribution in [0.25, 0.3) is 33.3 Å². The predicted molar refractivity (Wildman–Crippen MR) is 138 cm³/mol. The van der Waals surface area contributed by atoms with Crippen molar-refractivity contribution in [2.75, 3.05) is 0 Å².